The second-order valence-electron chi connectivity index (χ2n) is 3.86. The summed E-state index contributed by atoms with van der Waals surface area (Å²) in [5, 5.41) is 8.45. The predicted octanol–water partition coefficient (Wildman–Crippen LogP) is 4.28. The molecule has 0 saturated carbocycles. The Balaban J connectivity index is 4.32. The number of hydrogen-bond acceptors (Lipinski definition) is 3. The quantitative estimate of drug-likeness (QED) is 0.485. The van der Waals surface area contributed by atoms with Crippen LogP contribution in [0.5, 0.6) is 0 Å². The van der Waals surface area contributed by atoms with E-state index in [4.69, 9.17) is 21.0 Å². The van der Waals surface area contributed by atoms with E-state index in [0.29, 0.717) is 25.1 Å². The van der Waals surface area contributed by atoms with Crippen molar-refractivity contribution in [2.24, 2.45) is 0 Å². The third kappa shape index (κ3) is 5.46. The number of nitrogens with zero attached hydrogens (tertiary/aromatic N) is 2. The van der Waals surface area contributed by atoms with Crippen molar-refractivity contribution in [3.63, 3.8) is 0 Å². The molecule has 0 aliphatic rings. The molecule has 0 aliphatic carbocycles. The van der Waals surface area contributed by atoms with Gasteiger partial charge in [-0.2, -0.15) is 5.26 Å². The van der Waals surface area contributed by atoms with Crippen molar-refractivity contribution in [3.8, 4) is 6.07 Å². The van der Waals surface area contributed by atoms with Gasteiger partial charge in [-0.25, -0.2) is 4.67 Å². The molecule has 94 valence electrons. The maximum atomic E-state index is 8.45. The molecule has 3 nitrogen and oxygen atoms in total. The van der Waals surface area contributed by atoms with Gasteiger partial charge in [0.1, 0.15) is 0 Å². The van der Waals surface area contributed by atoms with Crippen LogP contribution in [0.2, 0.25) is 0 Å². The van der Waals surface area contributed by atoms with Crippen LogP contribution in [0.1, 0.15) is 47.0 Å². The van der Waals surface area contributed by atoms with Crippen molar-refractivity contribution in [1.82, 2.24) is 4.67 Å². The first kappa shape index (κ1) is 16.1. The van der Waals surface area contributed by atoms with Crippen LogP contribution in [0.15, 0.2) is 0 Å². The van der Waals surface area contributed by atoms with Crippen molar-refractivity contribution in [2.45, 2.75) is 59.0 Å². The first-order valence-corrected chi connectivity index (χ1v) is 7.94. The number of halogens is 1. The fourth-order valence-corrected chi connectivity index (χ4v) is 3.77. The van der Waals surface area contributed by atoms with Gasteiger partial charge in [-0.15, -0.1) is 0 Å². The molecule has 0 saturated heterocycles. The van der Waals surface area contributed by atoms with Crippen molar-refractivity contribution in [1.29, 1.82) is 5.26 Å². The van der Waals surface area contributed by atoms with E-state index >= 15 is 0 Å². The molecule has 0 rings (SSSR count). The molecule has 0 radical (unpaired) electrons. The average Bonchev–Trinajstić information content (AvgIpc) is 2.29. The van der Waals surface area contributed by atoms with E-state index < -0.39 is 7.65 Å². The highest BCUT2D eigenvalue weighted by atomic mass is 35.7. The van der Waals surface area contributed by atoms with Gasteiger partial charge in [0.05, 0.1) is 19.1 Å². The van der Waals surface area contributed by atoms with Gasteiger partial charge in [0, 0.05) is 12.1 Å². The normalized spacial score (nSPS) is 16.8. The van der Waals surface area contributed by atoms with Gasteiger partial charge in [-0.1, -0.05) is 13.8 Å². The van der Waals surface area contributed by atoms with Crippen LogP contribution in [0.25, 0.3) is 0 Å². The molecule has 0 aliphatic heterocycles. The molecule has 0 aromatic carbocycles. The zero-order chi connectivity index (χ0) is 12.6. The molecule has 0 bridgehead atoms. The Kier molecular flexibility index (Phi) is 9.26. The van der Waals surface area contributed by atoms with Crippen LogP contribution in [0.3, 0.4) is 0 Å². The van der Waals surface area contributed by atoms with E-state index in [1.807, 2.05) is 0 Å². The van der Waals surface area contributed by atoms with E-state index in [1.54, 1.807) is 0 Å². The Morgan fingerprint density at radius 1 is 1.31 bits per heavy atom. The molecular weight excluding hydrogens is 243 g/mol. The summed E-state index contributed by atoms with van der Waals surface area (Å²) in [6, 6.07) is 2.89. The summed E-state index contributed by atoms with van der Waals surface area (Å²) in [7, 11) is -1.09. The predicted molar refractivity (Wildman–Crippen MR) is 70.3 cm³/mol. The molecule has 5 heteroatoms. The lowest BCUT2D eigenvalue weighted by atomic mass is 10.2. The highest BCUT2D eigenvalue weighted by molar-refractivity contribution is 7.78. The Bertz CT molecular complexity index is 213. The Morgan fingerprint density at radius 3 is 2.19 bits per heavy atom. The van der Waals surface area contributed by atoms with Crippen molar-refractivity contribution in [2.75, 3.05) is 6.61 Å². The average molecular weight is 265 g/mol. The molecule has 16 heavy (non-hydrogen) atoms. The fourth-order valence-electron chi connectivity index (χ4n) is 1.35. The maximum Gasteiger partial charge on any atom is 0.207 e. The standard InChI is InChI=1S/C11H22ClN2OP/c1-5-10(3)14(11(4)6-2)16(12)15-9-7-8-13/h10-11H,5-7,9H2,1-4H3. The first-order chi connectivity index (χ1) is 7.58. The van der Waals surface area contributed by atoms with E-state index in [9.17, 15) is 0 Å². The summed E-state index contributed by atoms with van der Waals surface area (Å²) in [6.07, 6.45) is 2.51. The van der Waals surface area contributed by atoms with Crippen LogP contribution in [-0.4, -0.2) is 23.4 Å². The second-order valence-corrected chi connectivity index (χ2v) is 5.90. The summed E-state index contributed by atoms with van der Waals surface area (Å²) >= 11 is 6.29. The van der Waals surface area contributed by atoms with Gasteiger partial charge >= 0.3 is 0 Å². The number of nitriles is 1. The minimum Gasteiger partial charge on any atom is -0.330 e. The third-order valence-electron chi connectivity index (χ3n) is 2.68. The molecule has 3 unspecified atom stereocenters. The van der Waals surface area contributed by atoms with Crippen LogP contribution in [-0.2, 0) is 4.52 Å². The number of hydrogen-bond donors (Lipinski definition) is 0. The second kappa shape index (κ2) is 9.19. The summed E-state index contributed by atoms with van der Waals surface area (Å²) < 4.78 is 7.75. The SMILES string of the molecule is CCC(C)N(C(C)CC)P(Cl)OCCC#N. The summed E-state index contributed by atoms with van der Waals surface area (Å²) in [5.74, 6) is 0. The molecule has 3 atom stereocenters. The van der Waals surface area contributed by atoms with E-state index in [2.05, 4.69) is 38.4 Å². The van der Waals surface area contributed by atoms with Crippen LogP contribution >= 0.6 is 18.9 Å². The van der Waals surface area contributed by atoms with E-state index in [0.717, 1.165) is 12.8 Å². The molecule has 0 fully saturated rings. The highest BCUT2D eigenvalue weighted by Crippen LogP contribution is 2.50. The molecule has 0 amide bonds. The Labute approximate surface area is 105 Å². The van der Waals surface area contributed by atoms with Crippen molar-refractivity contribution in [3.05, 3.63) is 0 Å². The monoisotopic (exact) mass is 264 g/mol. The van der Waals surface area contributed by atoms with Gasteiger partial charge < -0.3 is 4.52 Å². The minimum absolute atomic E-state index is 0.403. The van der Waals surface area contributed by atoms with Crippen LogP contribution in [0.4, 0.5) is 0 Å². The minimum atomic E-state index is -1.09. The number of rotatable bonds is 8. The van der Waals surface area contributed by atoms with E-state index in [-0.39, 0.29) is 0 Å². The molecule has 0 aromatic heterocycles. The summed E-state index contributed by atoms with van der Waals surface area (Å²) in [4.78, 5) is 0. The van der Waals surface area contributed by atoms with Gasteiger partial charge in [-0.05, 0) is 37.9 Å². The molecule has 0 heterocycles. The molecule has 0 spiro atoms. The lowest BCUT2D eigenvalue weighted by Gasteiger charge is -2.35. The Morgan fingerprint density at radius 2 is 1.81 bits per heavy atom. The Hall–Kier alpha value is 0.130. The largest absolute Gasteiger partial charge is 0.330 e. The molecule has 0 N–H and O–H groups in total. The van der Waals surface area contributed by atoms with Crippen LogP contribution in [0, 0.1) is 11.3 Å². The lowest BCUT2D eigenvalue weighted by Crippen LogP contribution is -2.34. The topological polar surface area (TPSA) is 36.3 Å². The zero-order valence-electron chi connectivity index (χ0n) is 10.6. The van der Waals surface area contributed by atoms with Gasteiger partial charge in [0.2, 0.25) is 7.65 Å². The van der Waals surface area contributed by atoms with E-state index in [1.165, 1.54) is 0 Å². The lowest BCUT2D eigenvalue weighted by molar-refractivity contribution is 0.238. The van der Waals surface area contributed by atoms with Crippen LogP contribution < -0.4 is 0 Å². The third-order valence-corrected chi connectivity index (χ3v) is 5.04. The molecule has 0 aromatic rings. The van der Waals surface area contributed by atoms with Gasteiger partial charge in [0.25, 0.3) is 0 Å². The first-order valence-electron chi connectivity index (χ1n) is 5.82. The fraction of sp³-hybridized carbons (Fsp3) is 0.909. The van der Waals surface area contributed by atoms with Gasteiger partial charge in [0.15, 0.2) is 0 Å². The van der Waals surface area contributed by atoms with Gasteiger partial charge in [-0.3, -0.25) is 0 Å². The smallest absolute Gasteiger partial charge is 0.207 e. The maximum absolute atomic E-state index is 8.45. The summed E-state index contributed by atoms with van der Waals surface area (Å²) in [6.45, 7) is 9.05. The van der Waals surface area contributed by atoms with Crippen molar-refractivity contribution >= 4 is 18.9 Å². The highest BCUT2D eigenvalue weighted by Gasteiger charge is 2.26. The van der Waals surface area contributed by atoms with Crippen molar-refractivity contribution < 1.29 is 4.52 Å². The summed E-state index contributed by atoms with van der Waals surface area (Å²) in [5.41, 5.74) is 0. The zero-order valence-corrected chi connectivity index (χ0v) is 12.3. The molecular formula is C11H22ClN2OP.